The zero-order valence-electron chi connectivity index (χ0n) is 46.7. The third-order valence-electron chi connectivity index (χ3n) is 12.9. The molecule has 0 amide bonds. The van der Waals surface area contributed by atoms with Crippen LogP contribution in [0.25, 0.3) is 0 Å². The van der Waals surface area contributed by atoms with Crippen LogP contribution in [0.5, 0.6) is 0 Å². The van der Waals surface area contributed by atoms with Crippen LogP contribution in [0.2, 0.25) is 0 Å². The Kier molecular flexibility index (Phi) is 56.3. The summed E-state index contributed by atoms with van der Waals surface area (Å²) in [5, 5.41) is 0. The van der Waals surface area contributed by atoms with Gasteiger partial charge in [0.15, 0.2) is 6.10 Å². The van der Waals surface area contributed by atoms with Crippen LogP contribution in [-0.4, -0.2) is 37.2 Å². The van der Waals surface area contributed by atoms with Crippen molar-refractivity contribution < 1.29 is 28.6 Å². The summed E-state index contributed by atoms with van der Waals surface area (Å²) in [6.45, 7) is 6.42. The normalized spacial score (nSPS) is 12.7. The van der Waals surface area contributed by atoms with Gasteiger partial charge >= 0.3 is 17.9 Å². The molecule has 1 atom stereocenters. The molecule has 408 valence electrons. The molecule has 0 aromatic heterocycles. The van der Waals surface area contributed by atoms with Crippen molar-refractivity contribution in [1.29, 1.82) is 0 Å². The van der Waals surface area contributed by atoms with Gasteiger partial charge in [0.25, 0.3) is 0 Å². The van der Waals surface area contributed by atoms with Crippen molar-refractivity contribution >= 4 is 17.9 Å². The second-order valence-electron chi connectivity index (χ2n) is 19.8. The largest absolute Gasteiger partial charge is 0.462 e. The van der Waals surface area contributed by atoms with Gasteiger partial charge < -0.3 is 14.2 Å². The molecule has 0 aliphatic heterocycles. The van der Waals surface area contributed by atoms with Gasteiger partial charge in [-0.25, -0.2) is 0 Å². The number of esters is 3. The summed E-state index contributed by atoms with van der Waals surface area (Å²) in [6, 6.07) is 0. The first-order valence-corrected chi connectivity index (χ1v) is 30.1. The number of unbranched alkanes of at least 4 members (excludes halogenated alkanes) is 29. The molecule has 71 heavy (non-hydrogen) atoms. The lowest BCUT2D eigenvalue weighted by Crippen LogP contribution is -2.30. The van der Waals surface area contributed by atoms with Crippen molar-refractivity contribution in [2.45, 2.75) is 297 Å². The Balaban J connectivity index is 4.41. The topological polar surface area (TPSA) is 78.9 Å². The molecule has 0 fully saturated rings. The molecule has 6 nitrogen and oxygen atoms in total. The van der Waals surface area contributed by atoms with E-state index in [1.54, 1.807) is 0 Å². The van der Waals surface area contributed by atoms with Gasteiger partial charge in [0.2, 0.25) is 0 Å². The Morgan fingerprint density at radius 2 is 0.549 bits per heavy atom. The molecule has 0 rings (SSSR count). The van der Waals surface area contributed by atoms with Crippen LogP contribution in [0.4, 0.5) is 0 Å². The van der Waals surface area contributed by atoms with Gasteiger partial charge in [-0.05, 0) is 109 Å². The fourth-order valence-electron chi connectivity index (χ4n) is 8.41. The van der Waals surface area contributed by atoms with E-state index >= 15 is 0 Å². The number of hydrogen-bond donors (Lipinski definition) is 0. The molecule has 0 bridgehead atoms. The van der Waals surface area contributed by atoms with E-state index in [0.717, 1.165) is 116 Å². The molecule has 0 aromatic rings. The predicted molar refractivity (Wildman–Crippen MR) is 307 cm³/mol. The molecule has 6 heteroatoms. The van der Waals surface area contributed by atoms with Gasteiger partial charge in [-0.3, -0.25) is 14.4 Å². The molecule has 0 radical (unpaired) electrons. The zero-order valence-corrected chi connectivity index (χ0v) is 46.7. The maximum atomic E-state index is 12.9. The maximum absolute atomic E-state index is 12.9. The van der Waals surface area contributed by atoms with E-state index in [1.165, 1.54) is 135 Å². The average molecular weight is 990 g/mol. The number of carbonyl (C=O) groups is 3. The van der Waals surface area contributed by atoms with Crippen LogP contribution in [0.1, 0.15) is 290 Å². The van der Waals surface area contributed by atoms with Gasteiger partial charge in [-0.2, -0.15) is 0 Å². The molecular weight excluding hydrogens is 877 g/mol. The highest BCUT2D eigenvalue weighted by Crippen LogP contribution is 2.15. The van der Waals surface area contributed by atoms with Gasteiger partial charge in [-0.1, -0.05) is 247 Å². The zero-order chi connectivity index (χ0) is 51.4. The lowest BCUT2D eigenvalue weighted by atomic mass is 10.1. The lowest BCUT2D eigenvalue weighted by Gasteiger charge is -2.18. The third-order valence-corrected chi connectivity index (χ3v) is 12.9. The quantitative estimate of drug-likeness (QED) is 0.0261. The number of carbonyl (C=O) groups excluding carboxylic acids is 3. The van der Waals surface area contributed by atoms with Crippen LogP contribution in [-0.2, 0) is 28.6 Å². The van der Waals surface area contributed by atoms with Crippen LogP contribution in [0, 0.1) is 0 Å². The Morgan fingerprint density at radius 1 is 0.296 bits per heavy atom. The van der Waals surface area contributed by atoms with E-state index in [1.807, 2.05) is 0 Å². The monoisotopic (exact) mass is 989 g/mol. The minimum Gasteiger partial charge on any atom is -0.462 e. The van der Waals surface area contributed by atoms with Gasteiger partial charge in [0.05, 0.1) is 0 Å². The summed E-state index contributed by atoms with van der Waals surface area (Å²) in [6.07, 6.45) is 77.2. The lowest BCUT2D eigenvalue weighted by molar-refractivity contribution is -0.167. The summed E-state index contributed by atoms with van der Waals surface area (Å²) in [7, 11) is 0. The average Bonchev–Trinajstić information content (AvgIpc) is 3.37. The Bertz CT molecular complexity index is 1370. The highest BCUT2D eigenvalue weighted by atomic mass is 16.6. The molecule has 0 aliphatic rings. The summed E-state index contributed by atoms with van der Waals surface area (Å²) >= 11 is 0. The minimum absolute atomic E-state index is 0.0865. The Hall–Kier alpha value is -3.41. The number of rotatable bonds is 54. The van der Waals surface area contributed by atoms with Crippen LogP contribution < -0.4 is 0 Å². The van der Waals surface area contributed by atoms with E-state index in [4.69, 9.17) is 14.2 Å². The van der Waals surface area contributed by atoms with E-state index in [0.29, 0.717) is 19.3 Å². The third kappa shape index (κ3) is 57.4. The maximum Gasteiger partial charge on any atom is 0.306 e. The van der Waals surface area contributed by atoms with Crippen molar-refractivity contribution in [3.63, 3.8) is 0 Å². The summed E-state index contributed by atoms with van der Waals surface area (Å²) in [5.74, 6) is -0.904. The Morgan fingerprint density at radius 3 is 0.873 bits per heavy atom. The molecule has 0 aliphatic carbocycles. The van der Waals surface area contributed by atoms with E-state index < -0.39 is 6.10 Å². The Labute approximate surface area is 439 Å². The second-order valence-corrected chi connectivity index (χ2v) is 19.8. The summed E-state index contributed by atoms with van der Waals surface area (Å²) in [4.78, 5) is 38.3. The molecule has 0 saturated carbocycles. The number of allylic oxidation sites excluding steroid dienone is 14. The molecule has 0 spiro atoms. The standard InChI is InChI=1S/C65H112O6/c1-4-7-10-13-16-19-22-25-28-31-33-35-37-40-43-46-49-52-55-58-64(67)70-61-62(60-69-63(66)57-54-51-48-45-42-39-36-30-27-24-21-18-15-12-9-6-3)71-65(68)59-56-53-50-47-44-41-38-34-32-29-26-23-20-17-14-11-8-5-2/h7,9-10,12,16,18-19,21,25,27-28,30,34,38,62H,4-6,8,11,13-15,17,20,22-24,26,29,31-33,35-37,39-61H2,1-3H3/b10-7-,12-9-,19-16-,21-18-,28-25-,30-27-,38-34-. The molecular formula is C65H112O6. The first kappa shape index (κ1) is 67.6. The van der Waals surface area contributed by atoms with Crippen LogP contribution in [0.15, 0.2) is 85.1 Å². The van der Waals surface area contributed by atoms with Crippen molar-refractivity contribution in [2.24, 2.45) is 0 Å². The molecule has 0 N–H and O–H groups in total. The van der Waals surface area contributed by atoms with E-state index in [2.05, 4.69) is 106 Å². The second kappa shape index (κ2) is 59.2. The van der Waals surface area contributed by atoms with Gasteiger partial charge in [-0.15, -0.1) is 0 Å². The molecule has 0 heterocycles. The SMILES string of the molecule is CC/C=C\C/C=C\C/C=C\CCCCCCCCCCCC(=O)OCC(COC(=O)CCCCCCCC/C=C\C/C=C\C/C=C\CC)OC(=O)CCCCCCC/C=C\CCCCCCCCCCC. The fraction of sp³-hybridized carbons (Fsp3) is 0.738. The van der Waals surface area contributed by atoms with Crippen molar-refractivity contribution in [1.82, 2.24) is 0 Å². The summed E-state index contributed by atoms with van der Waals surface area (Å²) < 4.78 is 16.9. The fourth-order valence-corrected chi connectivity index (χ4v) is 8.41. The highest BCUT2D eigenvalue weighted by Gasteiger charge is 2.19. The minimum atomic E-state index is -0.790. The van der Waals surface area contributed by atoms with Gasteiger partial charge in [0, 0.05) is 19.3 Å². The first-order valence-electron chi connectivity index (χ1n) is 30.1. The molecule has 1 unspecified atom stereocenters. The smallest absolute Gasteiger partial charge is 0.306 e. The van der Waals surface area contributed by atoms with Crippen molar-refractivity contribution in [3.8, 4) is 0 Å². The predicted octanol–water partition coefficient (Wildman–Crippen LogP) is 20.3. The molecule has 0 aromatic carbocycles. The first-order chi connectivity index (χ1) is 35.0. The summed E-state index contributed by atoms with van der Waals surface area (Å²) in [5.41, 5.74) is 0. The van der Waals surface area contributed by atoms with Crippen LogP contribution >= 0.6 is 0 Å². The van der Waals surface area contributed by atoms with Crippen LogP contribution in [0.3, 0.4) is 0 Å². The van der Waals surface area contributed by atoms with E-state index in [9.17, 15) is 14.4 Å². The highest BCUT2D eigenvalue weighted by molar-refractivity contribution is 5.71. The van der Waals surface area contributed by atoms with Crippen molar-refractivity contribution in [2.75, 3.05) is 13.2 Å². The number of ether oxygens (including phenoxy) is 3. The van der Waals surface area contributed by atoms with Crippen molar-refractivity contribution in [3.05, 3.63) is 85.1 Å². The molecule has 0 saturated heterocycles. The van der Waals surface area contributed by atoms with Gasteiger partial charge in [0.1, 0.15) is 13.2 Å². The number of hydrogen-bond acceptors (Lipinski definition) is 6. The van der Waals surface area contributed by atoms with E-state index in [-0.39, 0.29) is 31.1 Å².